The van der Waals surface area contributed by atoms with Crippen LogP contribution in [0.3, 0.4) is 0 Å². The van der Waals surface area contributed by atoms with Gasteiger partial charge in [0.2, 0.25) is 0 Å². The topological polar surface area (TPSA) is 32.7 Å². The Bertz CT molecular complexity index is 150. The summed E-state index contributed by atoms with van der Waals surface area (Å²) < 4.78 is 5.26. The van der Waals surface area contributed by atoms with Crippen LogP contribution in [0.4, 0.5) is 0 Å². The highest BCUT2D eigenvalue weighted by atomic mass is 16.5. The molecular weight excluding hydrogens is 178 g/mol. The number of methoxy groups -OCH3 is 1. The summed E-state index contributed by atoms with van der Waals surface area (Å²) in [5, 5.41) is 8.89. The van der Waals surface area contributed by atoms with Crippen molar-refractivity contribution in [2.24, 2.45) is 5.92 Å². The molecule has 1 rings (SSSR count). The fourth-order valence-electron chi connectivity index (χ4n) is 2.17. The van der Waals surface area contributed by atoms with Crippen molar-refractivity contribution in [1.29, 1.82) is 0 Å². The standard InChI is InChI=1S/C11H23NO2/c1-10(14-2)8-12-6-3-4-11(9-12)5-7-13/h10-11,13H,3-9H2,1-2H3. The minimum atomic E-state index is 0.322. The molecule has 0 saturated carbocycles. The van der Waals surface area contributed by atoms with Gasteiger partial charge in [0.05, 0.1) is 6.10 Å². The van der Waals surface area contributed by atoms with Gasteiger partial charge < -0.3 is 14.7 Å². The van der Waals surface area contributed by atoms with E-state index in [2.05, 4.69) is 11.8 Å². The number of nitrogens with zero attached hydrogens (tertiary/aromatic N) is 1. The molecule has 0 spiro atoms. The van der Waals surface area contributed by atoms with Crippen LogP contribution in [0.2, 0.25) is 0 Å². The molecule has 0 aromatic rings. The summed E-state index contributed by atoms with van der Waals surface area (Å²) in [7, 11) is 1.76. The van der Waals surface area contributed by atoms with Crippen molar-refractivity contribution < 1.29 is 9.84 Å². The lowest BCUT2D eigenvalue weighted by molar-refractivity contribution is 0.0557. The molecule has 14 heavy (non-hydrogen) atoms. The summed E-state index contributed by atoms with van der Waals surface area (Å²) in [6, 6.07) is 0. The Morgan fingerprint density at radius 1 is 1.57 bits per heavy atom. The van der Waals surface area contributed by atoms with E-state index < -0.39 is 0 Å². The summed E-state index contributed by atoms with van der Waals surface area (Å²) in [6.45, 7) is 5.79. The van der Waals surface area contributed by atoms with Gasteiger partial charge in [-0.15, -0.1) is 0 Å². The second kappa shape index (κ2) is 6.38. The number of ether oxygens (including phenoxy) is 1. The minimum Gasteiger partial charge on any atom is -0.396 e. The molecule has 3 nitrogen and oxygen atoms in total. The third kappa shape index (κ3) is 3.95. The second-order valence-electron chi connectivity index (χ2n) is 4.33. The fourth-order valence-corrected chi connectivity index (χ4v) is 2.17. The van der Waals surface area contributed by atoms with Crippen LogP contribution in [0.15, 0.2) is 0 Å². The van der Waals surface area contributed by atoms with Crippen molar-refractivity contribution in [2.45, 2.75) is 32.3 Å². The summed E-state index contributed by atoms with van der Waals surface area (Å²) in [6.07, 6.45) is 3.82. The van der Waals surface area contributed by atoms with Crippen LogP contribution in [-0.4, -0.2) is 49.5 Å². The maximum Gasteiger partial charge on any atom is 0.0670 e. The highest BCUT2D eigenvalue weighted by molar-refractivity contribution is 4.74. The van der Waals surface area contributed by atoms with E-state index in [1.165, 1.54) is 19.4 Å². The zero-order valence-corrected chi connectivity index (χ0v) is 9.41. The quantitative estimate of drug-likeness (QED) is 0.723. The van der Waals surface area contributed by atoms with E-state index in [0.29, 0.717) is 18.6 Å². The molecule has 0 radical (unpaired) electrons. The van der Waals surface area contributed by atoms with Crippen LogP contribution in [0.1, 0.15) is 26.2 Å². The van der Waals surface area contributed by atoms with E-state index in [9.17, 15) is 0 Å². The van der Waals surface area contributed by atoms with E-state index in [1.807, 2.05) is 0 Å². The van der Waals surface area contributed by atoms with E-state index >= 15 is 0 Å². The smallest absolute Gasteiger partial charge is 0.0670 e. The second-order valence-corrected chi connectivity index (χ2v) is 4.33. The first-order chi connectivity index (χ1) is 6.76. The summed E-state index contributed by atoms with van der Waals surface area (Å²) in [5.74, 6) is 0.692. The maximum absolute atomic E-state index is 8.89. The van der Waals surface area contributed by atoms with Crippen molar-refractivity contribution in [3.05, 3.63) is 0 Å². The molecule has 84 valence electrons. The third-order valence-electron chi connectivity index (χ3n) is 3.06. The first kappa shape index (κ1) is 12.0. The zero-order valence-electron chi connectivity index (χ0n) is 9.41. The summed E-state index contributed by atoms with van der Waals surface area (Å²) >= 11 is 0. The summed E-state index contributed by atoms with van der Waals surface area (Å²) in [4.78, 5) is 2.46. The highest BCUT2D eigenvalue weighted by Gasteiger charge is 2.20. The fraction of sp³-hybridized carbons (Fsp3) is 1.00. The average molecular weight is 201 g/mol. The predicted molar refractivity (Wildman–Crippen MR) is 57.3 cm³/mol. The van der Waals surface area contributed by atoms with Gasteiger partial charge in [0.1, 0.15) is 0 Å². The highest BCUT2D eigenvalue weighted by Crippen LogP contribution is 2.19. The molecule has 2 unspecified atom stereocenters. The molecule has 0 bridgehead atoms. The number of aliphatic hydroxyl groups is 1. The van der Waals surface area contributed by atoms with Gasteiger partial charge in [-0.05, 0) is 38.6 Å². The lowest BCUT2D eigenvalue weighted by Gasteiger charge is -2.33. The van der Waals surface area contributed by atoms with Gasteiger partial charge in [-0.2, -0.15) is 0 Å². The molecule has 1 N–H and O–H groups in total. The number of aliphatic hydroxyl groups excluding tert-OH is 1. The maximum atomic E-state index is 8.89. The summed E-state index contributed by atoms with van der Waals surface area (Å²) in [5.41, 5.74) is 0. The van der Waals surface area contributed by atoms with Crippen LogP contribution in [0.5, 0.6) is 0 Å². The zero-order chi connectivity index (χ0) is 10.4. The number of hydrogen-bond donors (Lipinski definition) is 1. The van der Waals surface area contributed by atoms with E-state index in [1.54, 1.807) is 7.11 Å². The van der Waals surface area contributed by atoms with Crippen LogP contribution in [0.25, 0.3) is 0 Å². The number of hydrogen-bond acceptors (Lipinski definition) is 3. The minimum absolute atomic E-state index is 0.322. The molecular formula is C11H23NO2. The van der Waals surface area contributed by atoms with Crippen molar-refractivity contribution in [3.63, 3.8) is 0 Å². The largest absolute Gasteiger partial charge is 0.396 e. The van der Waals surface area contributed by atoms with Gasteiger partial charge in [-0.25, -0.2) is 0 Å². The monoisotopic (exact) mass is 201 g/mol. The van der Waals surface area contributed by atoms with Crippen LogP contribution in [-0.2, 0) is 4.74 Å². The Labute approximate surface area is 87.1 Å². The lowest BCUT2D eigenvalue weighted by atomic mass is 9.95. The Morgan fingerprint density at radius 3 is 3.00 bits per heavy atom. The normalized spacial score (nSPS) is 26.4. The molecule has 1 aliphatic rings. The average Bonchev–Trinajstić information content (AvgIpc) is 2.19. The Balaban J connectivity index is 2.25. The Hall–Kier alpha value is -0.120. The Morgan fingerprint density at radius 2 is 2.36 bits per heavy atom. The van der Waals surface area contributed by atoms with E-state index in [-0.39, 0.29) is 0 Å². The third-order valence-corrected chi connectivity index (χ3v) is 3.06. The first-order valence-electron chi connectivity index (χ1n) is 5.62. The van der Waals surface area contributed by atoms with Gasteiger partial charge >= 0.3 is 0 Å². The van der Waals surface area contributed by atoms with E-state index in [4.69, 9.17) is 9.84 Å². The van der Waals surface area contributed by atoms with Crippen molar-refractivity contribution in [1.82, 2.24) is 4.90 Å². The van der Waals surface area contributed by atoms with Crippen LogP contribution < -0.4 is 0 Å². The molecule has 1 saturated heterocycles. The van der Waals surface area contributed by atoms with Gasteiger partial charge in [0.15, 0.2) is 0 Å². The molecule has 0 amide bonds. The van der Waals surface area contributed by atoms with Crippen LogP contribution in [0, 0.1) is 5.92 Å². The number of likely N-dealkylation sites (tertiary alicyclic amines) is 1. The number of rotatable bonds is 5. The van der Waals surface area contributed by atoms with Gasteiger partial charge in [0.25, 0.3) is 0 Å². The Kier molecular flexibility index (Phi) is 5.45. The van der Waals surface area contributed by atoms with E-state index in [0.717, 1.165) is 19.5 Å². The van der Waals surface area contributed by atoms with Gasteiger partial charge in [-0.3, -0.25) is 0 Å². The first-order valence-corrected chi connectivity index (χ1v) is 5.62. The van der Waals surface area contributed by atoms with Crippen LogP contribution >= 0.6 is 0 Å². The molecule has 1 fully saturated rings. The molecule has 0 aromatic carbocycles. The van der Waals surface area contributed by atoms with Gasteiger partial charge in [0, 0.05) is 26.8 Å². The lowest BCUT2D eigenvalue weighted by Crippen LogP contribution is -2.40. The van der Waals surface area contributed by atoms with Crippen molar-refractivity contribution in [3.8, 4) is 0 Å². The van der Waals surface area contributed by atoms with Gasteiger partial charge in [-0.1, -0.05) is 0 Å². The molecule has 0 aliphatic carbocycles. The molecule has 0 aromatic heterocycles. The molecule has 3 heteroatoms. The number of piperidine rings is 1. The predicted octanol–water partition coefficient (Wildman–Crippen LogP) is 1.12. The van der Waals surface area contributed by atoms with Crippen molar-refractivity contribution in [2.75, 3.05) is 33.4 Å². The van der Waals surface area contributed by atoms with Crippen molar-refractivity contribution >= 4 is 0 Å². The SMILES string of the molecule is COC(C)CN1CCCC(CCO)C1. The molecule has 2 atom stereocenters. The molecule has 1 aliphatic heterocycles. The molecule has 1 heterocycles.